The molecule has 0 aliphatic carbocycles. The highest BCUT2D eigenvalue weighted by Gasteiger charge is 2.23. The summed E-state index contributed by atoms with van der Waals surface area (Å²) < 4.78 is 42.4. The van der Waals surface area contributed by atoms with Crippen LogP contribution >= 0.6 is 0 Å². The van der Waals surface area contributed by atoms with Crippen molar-refractivity contribution in [2.45, 2.75) is 44.7 Å². The van der Waals surface area contributed by atoms with Gasteiger partial charge in [-0.05, 0) is 32.0 Å². The summed E-state index contributed by atoms with van der Waals surface area (Å²) in [4.78, 5) is 16.1. The number of hydrogen-bond donors (Lipinski definition) is 1. The largest absolute Gasteiger partial charge is 0.495 e. The summed E-state index contributed by atoms with van der Waals surface area (Å²) in [6.45, 7) is 5.05. The number of nitrogens with zero attached hydrogens (tertiary/aromatic N) is 2. The molecular weight excluding hydrogens is 362 g/mol. The van der Waals surface area contributed by atoms with Gasteiger partial charge in [-0.15, -0.1) is 0 Å². The minimum Gasteiger partial charge on any atom is -0.495 e. The van der Waals surface area contributed by atoms with Crippen LogP contribution in [0.5, 0.6) is 5.75 Å². The summed E-state index contributed by atoms with van der Waals surface area (Å²) in [5.74, 6) is 0.0794. The van der Waals surface area contributed by atoms with Crippen molar-refractivity contribution in [3.63, 3.8) is 0 Å². The molecule has 0 spiro atoms. The lowest BCUT2D eigenvalue weighted by Gasteiger charge is -2.13. The number of esters is 1. The topological polar surface area (TPSA) is 121 Å². The third-order valence-electron chi connectivity index (χ3n) is 3.23. The van der Waals surface area contributed by atoms with E-state index >= 15 is 0 Å². The van der Waals surface area contributed by atoms with E-state index in [0.29, 0.717) is 12.2 Å². The second-order valence-corrected chi connectivity index (χ2v) is 7.36. The normalized spacial score (nSPS) is 11.6. The van der Waals surface area contributed by atoms with Gasteiger partial charge in [-0.1, -0.05) is 12.1 Å². The second-order valence-electron chi connectivity index (χ2n) is 5.68. The van der Waals surface area contributed by atoms with Gasteiger partial charge in [-0.3, -0.25) is 0 Å². The van der Waals surface area contributed by atoms with E-state index in [9.17, 15) is 13.2 Å². The fraction of sp³-hybridized carbons (Fsp3) is 0.438. The smallest absolute Gasteiger partial charge is 0.338 e. The Morgan fingerprint density at radius 2 is 2.08 bits per heavy atom. The van der Waals surface area contributed by atoms with Crippen LogP contribution < -0.4 is 9.46 Å². The van der Waals surface area contributed by atoms with Gasteiger partial charge in [0, 0.05) is 12.5 Å². The molecule has 0 radical (unpaired) electrons. The predicted molar refractivity (Wildman–Crippen MR) is 91.2 cm³/mol. The van der Waals surface area contributed by atoms with Gasteiger partial charge in [0.25, 0.3) is 5.89 Å². The van der Waals surface area contributed by atoms with Gasteiger partial charge in [0.2, 0.25) is 10.0 Å². The van der Waals surface area contributed by atoms with Gasteiger partial charge < -0.3 is 14.0 Å². The van der Waals surface area contributed by atoms with Crippen molar-refractivity contribution in [1.29, 1.82) is 0 Å². The first kappa shape index (κ1) is 19.9. The Labute approximate surface area is 151 Å². The van der Waals surface area contributed by atoms with E-state index in [2.05, 4.69) is 14.9 Å². The van der Waals surface area contributed by atoms with Crippen molar-refractivity contribution in [1.82, 2.24) is 14.9 Å². The maximum atomic E-state index is 12.4. The number of aromatic nitrogens is 2. The third kappa shape index (κ3) is 4.79. The number of methoxy groups -OCH3 is 1. The fourth-order valence-electron chi connectivity index (χ4n) is 2.09. The molecule has 0 aliphatic heterocycles. The lowest BCUT2D eigenvalue weighted by atomic mass is 10.2. The molecule has 0 aliphatic rings. The van der Waals surface area contributed by atoms with Crippen LogP contribution in [0.15, 0.2) is 27.6 Å². The quantitative estimate of drug-likeness (QED) is 0.684. The zero-order chi connectivity index (χ0) is 19.3. The Hall–Kier alpha value is -2.46. The fourth-order valence-corrected chi connectivity index (χ4v) is 3.54. The van der Waals surface area contributed by atoms with Crippen LogP contribution in [0.2, 0.25) is 0 Å². The van der Waals surface area contributed by atoms with Crippen LogP contribution in [-0.4, -0.2) is 37.7 Å². The van der Waals surface area contributed by atoms with Crippen LogP contribution in [0.4, 0.5) is 0 Å². The molecule has 1 heterocycles. The summed E-state index contributed by atoms with van der Waals surface area (Å²) in [6, 6.07) is 3.70. The molecule has 0 bridgehead atoms. The van der Waals surface area contributed by atoms with E-state index in [4.69, 9.17) is 14.0 Å². The first-order valence-corrected chi connectivity index (χ1v) is 9.44. The lowest BCUT2D eigenvalue weighted by molar-refractivity contribution is 0.0429. The van der Waals surface area contributed by atoms with Crippen LogP contribution in [0.1, 0.15) is 42.8 Å². The number of hydrogen-bond acceptors (Lipinski definition) is 8. The van der Waals surface area contributed by atoms with E-state index in [0.717, 1.165) is 0 Å². The van der Waals surface area contributed by atoms with Crippen molar-refractivity contribution >= 4 is 16.0 Å². The average Bonchev–Trinajstić information content (AvgIpc) is 3.06. The maximum absolute atomic E-state index is 12.4. The van der Waals surface area contributed by atoms with Crippen LogP contribution in [0.25, 0.3) is 0 Å². The van der Waals surface area contributed by atoms with Gasteiger partial charge in [-0.2, -0.15) is 4.98 Å². The minimum absolute atomic E-state index is 0.0603. The maximum Gasteiger partial charge on any atom is 0.338 e. The zero-order valence-electron chi connectivity index (χ0n) is 15.0. The zero-order valence-corrected chi connectivity index (χ0v) is 15.8. The summed E-state index contributed by atoms with van der Waals surface area (Å²) in [6.07, 6.45) is 0.597. The van der Waals surface area contributed by atoms with Crippen molar-refractivity contribution in [3.05, 3.63) is 35.5 Å². The summed E-state index contributed by atoms with van der Waals surface area (Å²) in [5.41, 5.74) is 0.0603. The number of sulfonamides is 1. The highest BCUT2D eigenvalue weighted by atomic mass is 32.2. The molecule has 1 aromatic carbocycles. The number of ether oxygens (including phenoxy) is 2. The highest BCUT2D eigenvalue weighted by Crippen LogP contribution is 2.25. The Morgan fingerprint density at radius 3 is 2.65 bits per heavy atom. The summed E-state index contributed by atoms with van der Waals surface area (Å²) >= 11 is 0. The number of carbonyl (C=O) groups is 1. The predicted octanol–water partition coefficient (Wildman–Crippen LogP) is 1.68. The van der Waals surface area contributed by atoms with E-state index in [1.54, 1.807) is 13.8 Å². The SMILES string of the molecule is CCc1noc(COC(=O)c2ccc(OC)c(S(=O)(=O)NC(C)C)c2)n1. The standard InChI is InChI=1S/C16H21N3O6S/c1-5-14-17-15(25-18-14)9-24-16(20)11-6-7-12(23-4)13(8-11)26(21,22)19-10(2)3/h6-8,10,19H,5,9H2,1-4H3. The molecule has 2 aromatic rings. The molecule has 0 atom stereocenters. The van der Waals surface area contributed by atoms with E-state index in [-0.39, 0.29) is 34.7 Å². The molecule has 26 heavy (non-hydrogen) atoms. The molecule has 0 fully saturated rings. The Bertz CT molecular complexity index is 876. The summed E-state index contributed by atoms with van der Waals surface area (Å²) in [5, 5.41) is 3.70. The molecule has 0 saturated carbocycles. The van der Waals surface area contributed by atoms with Crippen LogP contribution in [0, 0.1) is 0 Å². The molecule has 1 aromatic heterocycles. The highest BCUT2D eigenvalue weighted by molar-refractivity contribution is 7.89. The number of rotatable bonds is 8. The summed E-state index contributed by atoms with van der Waals surface area (Å²) in [7, 11) is -2.50. The number of carbonyl (C=O) groups excluding carboxylic acids is 1. The Morgan fingerprint density at radius 1 is 1.35 bits per heavy atom. The van der Waals surface area contributed by atoms with Crippen molar-refractivity contribution in [3.8, 4) is 5.75 Å². The molecule has 10 heteroatoms. The lowest BCUT2D eigenvalue weighted by Crippen LogP contribution is -2.30. The van der Waals surface area contributed by atoms with Gasteiger partial charge >= 0.3 is 5.97 Å². The first-order valence-electron chi connectivity index (χ1n) is 7.95. The monoisotopic (exact) mass is 383 g/mol. The molecule has 142 valence electrons. The van der Waals surface area contributed by atoms with Crippen molar-refractivity contribution < 1.29 is 27.2 Å². The van der Waals surface area contributed by atoms with Crippen LogP contribution in [-0.2, 0) is 27.8 Å². The van der Waals surface area contributed by atoms with Gasteiger partial charge in [-0.25, -0.2) is 17.9 Å². The molecule has 1 N–H and O–H groups in total. The van der Waals surface area contributed by atoms with Crippen molar-refractivity contribution in [2.75, 3.05) is 7.11 Å². The van der Waals surface area contributed by atoms with E-state index < -0.39 is 16.0 Å². The molecular formula is C16H21N3O6S. The van der Waals surface area contributed by atoms with Crippen LogP contribution in [0.3, 0.4) is 0 Å². The number of aryl methyl sites for hydroxylation is 1. The molecule has 9 nitrogen and oxygen atoms in total. The number of nitrogens with one attached hydrogen (secondary N) is 1. The van der Waals surface area contributed by atoms with Gasteiger partial charge in [0.05, 0.1) is 12.7 Å². The Kier molecular flexibility index (Phi) is 6.32. The minimum atomic E-state index is -3.85. The third-order valence-corrected chi connectivity index (χ3v) is 4.91. The Balaban J connectivity index is 2.21. The first-order chi connectivity index (χ1) is 12.3. The number of benzene rings is 1. The molecule has 0 unspecified atom stereocenters. The molecule has 0 amide bonds. The van der Waals surface area contributed by atoms with Gasteiger partial charge in [0.15, 0.2) is 12.4 Å². The molecule has 0 saturated heterocycles. The van der Waals surface area contributed by atoms with E-state index in [1.807, 2.05) is 6.92 Å². The second kappa shape index (κ2) is 8.28. The van der Waals surface area contributed by atoms with Crippen molar-refractivity contribution in [2.24, 2.45) is 0 Å². The molecule has 2 rings (SSSR count). The average molecular weight is 383 g/mol. The van der Waals surface area contributed by atoms with E-state index in [1.165, 1.54) is 25.3 Å². The van der Waals surface area contributed by atoms with Gasteiger partial charge in [0.1, 0.15) is 10.6 Å².